The molecule has 1 rings (SSSR count). The van der Waals surface area contributed by atoms with Gasteiger partial charge in [0.05, 0.1) is 24.2 Å². The van der Waals surface area contributed by atoms with Crippen LogP contribution in [-0.2, 0) is 0 Å². The van der Waals surface area contributed by atoms with Crippen LogP contribution in [0.15, 0.2) is 23.0 Å². The molecule has 1 aliphatic rings. The molecule has 0 aliphatic heterocycles. The molecule has 116 valence electrons. The molecule has 1 aliphatic carbocycles. The molecule has 0 aromatic rings. The summed E-state index contributed by atoms with van der Waals surface area (Å²) in [4.78, 5) is 0. The Balaban J connectivity index is 3.24. The largest absolute Gasteiger partial charge is 0.103 e. The van der Waals surface area contributed by atoms with Gasteiger partial charge in [0.15, 0.2) is 0 Å². The second-order valence-electron chi connectivity index (χ2n) is 9.59. The first-order valence-electron chi connectivity index (χ1n) is 8.17. The Morgan fingerprint density at radius 2 is 1.25 bits per heavy atom. The molecule has 0 aromatic heterocycles. The molecule has 0 radical (unpaired) electrons. The summed E-state index contributed by atoms with van der Waals surface area (Å²) >= 11 is 0. The lowest BCUT2D eigenvalue weighted by Crippen LogP contribution is -2.39. The minimum atomic E-state index is -1.21. The second-order valence-corrected chi connectivity index (χ2v) is 24.9. The van der Waals surface area contributed by atoms with Gasteiger partial charge < -0.3 is 0 Å². The molecule has 0 fully saturated rings. The van der Waals surface area contributed by atoms with Gasteiger partial charge in [-0.25, -0.2) is 0 Å². The molecule has 0 nitrogen and oxygen atoms in total. The fourth-order valence-electron chi connectivity index (χ4n) is 4.24. The normalized spacial score (nSPS) is 19.2. The molecule has 0 saturated heterocycles. The van der Waals surface area contributed by atoms with Gasteiger partial charge in [0.1, 0.15) is 0 Å². The van der Waals surface area contributed by atoms with Gasteiger partial charge in [-0.2, -0.15) is 0 Å². The number of rotatable bonds is 7. The lowest BCUT2D eigenvalue weighted by atomic mass is 10.1. The van der Waals surface area contributed by atoms with E-state index in [-0.39, 0.29) is 0 Å². The molecule has 0 bridgehead atoms. The summed E-state index contributed by atoms with van der Waals surface area (Å²) in [7, 11) is -3.57. The maximum atomic E-state index is 3.91. The fourth-order valence-corrected chi connectivity index (χ4v) is 18.8. The van der Waals surface area contributed by atoms with E-state index in [1.54, 1.807) is 0 Å². The van der Waals surface area contributed by atoms with Gasteiger partial charge in [0.25, 0.3) is 0 Å². The van der Waals surface area contributed by atoms with Crippen molar-refractivity contribution in [2.24, 2.45) is 0 Å². The van der Waals surface area contributed by atoms with E-state index in [1.165, 1.54) is 19.3 Å². The molecule has 0 spiro atoms. The average molecular weight is 325 g/mol. The zero-order valence-corrected chi connectivity index (χ0v) is 18.4. The molecule has 0 atom stereocenters. The molecule has 0 amide bonds. The first-order valence-corrected chi connectivity index (χ1v) is 18.7. The van der Waals surface area contributed by atoms with E-state index in [0.717, 1.165) is 0 Å². The summed E-state index contributed by atoms with van der Waals surface area (Å²) in [5.41, 5.74) is 0. The van der Waals surface area contributed by atoms with Crippen molar-refractivity contribution < 1.29 is 0 Å². The Morgan fingerprint density at radius 1 is 0.850 bits per heavy atom. The van der Waals surface area contributed by atoms with Gasteiger partial charge in [0, 0.05) is 0 Å². The highest BCUT2D eigenvalue weighted by molar-refractivity contribution is 7.00. The highest BCUT2D eigenvalue weighted by Gasteiger charge is 2.65. The molecule has 0 N–H and O–H groups in total. The van der Waals surface area contributed by atoms with Crippen molar-refractivity contribution >= 4 is 24.2 Å². The Kier molecular flexibility index (Phi) is 4.91. The van der Waals surface area contributed by atoms with E-state index in [0.29, 0.717) is 5.04 Å². The van der Waals surface area contributed by atoms with Crippen LogP contribution in [0.1, 0.15) is 19.3 Å². The average Bonchev–Trinajstić information content (AvgIpc) is 2.87. The predicted molar refractivity (Wildman–Crippen MR) is 104 cm³/mol. The minimum absolute atomic E-state index is 0.588. The maximum Gasteiger partial charge on any atom is 0.0726 e. The summed E-state index contributed by atoms with van der Waals surface area (Å²) in [6.07, 6.45) is 6.02. The van der Waals surface area contributed by atoms with Gasteiger partial charge in [0.2, 0.25) is 0 Å². The van der Waals surface area contributed by atoms with Crippen LogP contribution in [0.5, 0.6) is 0 Å². The predicted octanol–water partition coefficient (Wildman–Crippen LogP) is 6.49. The molecule has 0 heterocycles. The first kappa shape index (κ1) is 18.2. The van der Waals surface area contributed by atoms with E-state index >= 15 is 0 Å². The van der Waals surface area contributed by atoms with Crippen molar-refractivity contribution in [1.29, 1.82) is 0 Å². The Hall–Kier alpha value is 0.131. The summed E-state index contributed by atoms with van der Waals surface area (Å²) in [6, 6.07) is 0. The molecular weight excluding hydrogens is 288 g/mol. The van der Waals surface area contributed by atoms with E-state index in [2.05, 4.69) is 71.6 Å². The fraction of sp³-hybridized carbons (Fsp3) is 0.765. The van der Waals surface area contributed by atoms with Crippen LogP contribution in [-0.4, -0.2) is 24.2 Å². The molecule has 3 heteroatoms. The minimum Gasteiger partial charge on any atom is -0.103 e. The van der Waals surface area contributed by atoms with Crippen molar-refractivity contribution in [3.63, 3.8) is 0 Å². The van der Waals surface area contributed by atoms with Crippen molar-refractivity contribution in [2.45, 2.75) is 83.2 Å². The van der Waals surface area contributed by atoms with Crippen LogP contribution in [0.3, 0.4) is 0 Å². The topological polar surface area (TPSA) is 0 Å². The Morgan fingerprint density at radius 3 is 1.50 bits per heavy atom. The van der Waals surface area contributed by atoms with Crippen LogP contribution < -0.4 is 0 Å². The quantitative estimate of drug-likeness (QED) is 0.285. The molecule has 20 heavy (non-hydrogen) atoms. The van der Waals surface area contributed by atoms with Gasteiger partial charge in [-0.05, 0) is 24.3 Å². The van der Waals surface area contributed by atoms with Gasteiger partial charge in [-0.3, -0.25) is 0 Å². The van der Waals surface area contributed by atoms with Crippen molar-refractivity contribution in [2.75, 3.05) is 0 Å². The smallest absolute Gasteiger partial charge is 0.0726 e. The zero-order valence-electron chi connectivity index (χ0n) is 15.4. The Labute approximate surface area is 130 Å². The molecule has 0 saturated carbocycles. The van der Waals surface area contributed by atoms with Crippen molar-refractivity contribution in [3.8, 4) is 0 Å². The van der Waals surface area contributed by atoms with Crippen LogP contribution in [0.25, 0.3) is 0 Å². The summed E-state index contributed by atoms with van der Waals surface area (Å²) < 4.78 is 0. The van der Waals surface area contributed by atoms with Gasteiger partial charge in [-0.15, -0.1) is 6.58 Å². The second kappa shape index (κ2) is 5.40. The number of unbranched alkanes of at least 4 members (excludes halogenated alkanes) is 1. The van der Waals surface area contributed by atoms with Crippen LogP contribution in [0.2, 0.25) is 64.0 Å². The zero-order chi connectivity index (χ0) is 16.0. The van der Waals surface area contributed by atoms with E-state index in [9.17, 15) is 0 Å². The third-order valence-corrected chi connectivity index (χ3v) is 13.2. The number of hydrogen-bond donors (Lipinski definition) is 0. The number of allylic oxidation sites excluding steroid dienone is 3. The van der Waals surface area contributed by atoms with Crippen molar-refractivity contribution in [1.82, 2.24) is 0 Å². The number of hydrogen-bond acceptors (Lipinski definition) is 0. The van der Waals surface area contributed by atoms with Crippen LogP contribution in [0.4, 0.5) is 0 Å². The monoisotopic (exact) mass is 324 g/mol. The lowest BCUT2D eigenvalue weighted by molar-refractivity contribution is 0.695. The Bertz CT molecular complexity index is 387. The summed E-state index contributed by atoms with van der Waals surface area (Å²) in [5.74, 6) is 0. The first-order chi connectivity index (χ1) is 8.80. The van der Waals surface area contributed by atoms with E-state index in [1.807, 2.05) is 10.4 Å². The van der Waals surface area contributed by atoms with Crippen LogP contribution in [0, 0.1) is 0 Å². The lowest BCUT2D eigenvalue weighted by Gasteiger charge is -2.38. The maximum absolute atomic E-state index is 3.91. The molecular formula is C17H36Si3. The standard InChI is InChI=1S/C17H36Si3/c1-11-12-13-14-17(20(8,9)10)15(18(2,3)4)16(17)19(5,6)7/h11H,1,12-14H2,2-10H3. The molecule has 0 aromatic carbocycles. The SMILES string of the molecule is C=CCCCC1([Si](C)(C)C)C([Si](C)(C)C)=C1[Si](C)(C)C. The molecule has 0 unspecified atom stereocenters. The third-order valence-electron chi connectivity index (χ3n) is 4.78. The third kappa shape index (κ3) is 3.15. The summed E-state index contributed by atoms with van der Waals surface area (Å²) in [5, 5.41) is 4.57. The van der Waals surface area contributed by atoms with E-state index in [4.69, 9.17) is 0 Å². The van der Waals surface area contributed by atoms with E-state index < -0.39 is 24.2 Å². The highest BCUT2D eigenvalue weighted by Crippen LogP contribution is 2.73. The van der Waals surface area contributed by atoms with Crippen LogP contribution >= 0.6 is 0 Å². The van der Waals surface area contributed by atoms with Gasteiger partial charge >= 0.3 is 0 Å². The van der Waals surface area contributed by atoms with Crippen molar-refractivity contribution in [3.05, 3.63) is 23.0 Å². The highest BCUT2D eigenvalue weighted by atomic mass is 28.3. The summed E-state index contributed by atoms with van der Waals surface area (Å²) in [6.45, 7) is 27.1. The van der Waals surface area contributed by atoms with Gasteiger partial charge in [-0.1, -0.05) is 75.4 Å².